The van der Waals surface area contributed by atoms with Gasteiger partial charge in [0.1, 0.15) is 17.5 Å². The van der Waals surface area contributed by atoms with E-state index in [9.17, 15) is 13.2 Å². The van der Waals surface area contributed by atoms with Gasteiger partial charge in [0.15, 0.2) is 0 Å². The van der Waals surface area contributed by atoms with Crippen molar-refractivity contribution in [3.05, 3.63) is 17.5 Å². The Bertz CT molecular complexity index is 436. The fourth-order valence-electron chi connectivity index (χ4n) is 0.815. The summed E-state index contributed by atoms with van der Waals surface area (Å²) in [4.78, 5) is 11.3. The van der Waals surface area contributed by atoms with Gasteiger partial charge in [-0.15, -0.1) is 0 Å². The van der Waals surface area contributed by atoms with Crippen molar-refractivity contribution < 1.29 is 17.7 Å². The lowest BCUT2D eigenvalue weighted by Crippen LogP contribution is -2.30. The van der Waals surface area contributed by atoms with Crippen LogP contribution in [0.1, 0.15) is 16.1 Å². The lowest BCUT2D eigenvalue weighted by Gasteiger charge is -1.99. The van der Waals surface area contributed by atoms with Gasteiger partial charge in [0.2, 0.25) is 10.0 Å². The second kappa shape index (κ2) is 3.76. The molecule has 0 spiro atoms. The minimum Gasteiger partial charge on any atom is -0.364 e. The van der Waals surface area contributed by atoms with Crippen LogP contribution in [0.25, 0.3) is 0 Å². The lowest BCUT2D eigenvalue weighted by atomic mass is 10.2. The van der Waals surface area contributed by atoms with Gasteiger partial charge in [0.25, 0.3) is 5.91 Å². The molecule has 78 valence electrons. The Labute approximate surface area is 80.3 Å². The third-order valence-corrected chi connectivity index (χ3v) is 1.92. The molecular formula is C6H9N3O4S. The summed E-state index contributed by atoms with van der Waals surface area (Å²) in [6, 6.07) is 0. The Balaban J connectivity index is 2.90. The zero-order valence-corrected chi connectivity index (χ0v) is 8.17. The molecule has 1 rings (SSSR count). The van der Waals surface area contributed by atoms with Crippen molar-refractivity contribution in [2.24, 2.45) is 5.73 Å². The van der Waals surface area contributed by atoms with Gasteiger partial charge in [0, 0.05) is 6.54 Å². The van der Waals surface area contributed by atoms with Crippen LogP contribution >= 0.6 is 0 Å². The fourth-order valence-corrected chi connectivity index (χ4v) is 1.26. The smallest absolute Gasteiger partial charge is 0.270 e. The molecule has 0 saturated carbocycles. The van der Waals surface area contributed by atoms with Crippen LogP contribution in [-0.4, -0.2) is 25.7 Å². The molecule has 0 unspecified atom stereocenters. The summed E-state index contributed by atoms with van der Waals surface area (Å²) in [7, 11) is -3.58. The molecular weight excluding hydrogens is 210 g/mol. The van der Waals surface area contributed by atoms with Crippen molar-refractivity contribution >= 4 is 15.9 Å². The van der Waals surface area contributed by atoms with Gasteiger partial charge >= 0.3 is 0 Å². The molecule has 0 radical (unpaired) electrons. The van der Waals surface area contributed by atoms with E-state index in [1.165, 1.54) is 0 Å². The van der Waals surface area contributed by atoms with E-state index in [2.05, 4.69) is 9.68 Å². The summed E-state index contributed by atoms with van der Waals surface area (Å²) in [5, 5.41) is 3.43. The van der Waals surface area contributed by atoms with Crippen LogP contribution < -0.4 is 10.5 Å². The Kier molecular flexibility index (Phi) is 2.87. The average molecular weight is 219 g/mol. The van der Waals surface area contributed by atoms with E-state index in [-0.39, 0.29) is 17.8 Å². The zero-order valence-electron chi connectivity index (χ0n) is 7.35. The molecule has 14 heavy (non-hydrogen) atoms. The van der Waals surface area contributed by atoms with Crippen molar-refractivity contribution in [1.82, 2.24) is 9.88 Å². The summed E-state index contributed by atoms with van der Waals surface area (Å²) < 4.78 is 27.7. The van der Waals surface area contributed by atoms with Gasteiger partial charge in [-0.2, -0.15) is 0 Å². The molecule has 1 aromatic rings. The van der Waals surface area contributed by atoms with Crippen LogP contribution in [0.3, 0.4) is 0 Å². The Morgan fingerprint density at radius 1 is 1.71 bits per heavy atom. The standard InChI is InChI=1S/C6H9N3O4S/c1-14(11,12)9-6(10)4-3-13-8-5(4)2-7/h3H,2,7H2,1H3,(H,9,10). The van der Waals surface area contributed by atoms with Crippen LogP contribution in [0.5, 0.6) is 0 Å². The van der Waals surface area contributed by atoms with E-state index in [0.29, 0.717) is 0 Å². The van der Waals surface area contributed by atoms with Crippen LogP contribution in [0, 0.1) is 0 Å². The summed E-state index contributed by atoms with van der Waals surface area (Å²) >= 11 is 0. The van der Waals surface area contributed by atoms with Crippen molar-refractivity contribution in [3.8, 4) is 0 Å². The molecule has 0 aliphatic carbocycles. The molecule has 0 aliphatic rings. The van der Waals surface area contributed by atoms with Crippen molar-refractivity contribution in [2.45, 2.75) is 6.54 Å². The second-order valence-corrected chi connectivity index (χ2v) is 4.33. The molecule has 1 amide bonds. The van der Waals surface area contributed by atoms with Crippen LogP contribution in [0.15, 0.2) is 10.8 Å². The van der Waals surface area contributed by atoms with Crippen LogP contribution in [0.2, 0.25) is 0 Å². The number of carbonyl (C=O) groups is 1. The molecule has 3 N–H and O–H groups in total. The lowest BCUT2D eigenvalue weighted by molar-refractivity contribution is 0.0980. The molecule has 0 atom stereocenters. The van der Waals surface area contributed by atoms with Gasteiger partial charge in [-0.05, 0) is 0 Å². The highest BCUT2D eigenvalue weighted by Gasteiger charge is 2.17. The Hall–Kier alpha value is -1.41. The number of nitrogens with zero attached hydrogens (tertiary/aromatic N) is 1. The summed E-state index contributed by atoms with van der Waals surface area (Å²) in [5.41, 5.74) is 5.48. The largest absolute Gasteiger partial charge is 0.364 e. The molecule has 0 saturated heterocycles. The maximum absolute atomic E-state index is 11.3. The highest BCUT2D eigenvalue weighted by atomic mass is 32.2. The molecule has 8 heteroatoms. The third-order valence-electron chi connectivity index (χ3n) is 1.36. The van der Waals surface area contributed by atoms with E-state index in [0.717, 1.165) is 12.5 Å². The highest BCUT2D eigenvalue weighted by molar-refractivity contribution is 7.89. The summed E-state index contributed by atoms with van der Waals surface area (Å²) in [5.74, 6) is -0.797. The Morgan fingerprint density at radius 2 is 2.36 bits per heavy atom. The number of rotatable bonds is 3. The molecule has 1 heterocycles. The predicted molar refractivity (Wildman–Crippen MR) is 46.7 cm³/mol. The Morgan fingerprint density at radius 3 is 2.86 bits per heavy atom. The van der Waals surface area contributed by atoms with Gasteiger partial charge in [0.05, 0.1) is 6.26 Å². The number of sulfonamides is 1. The molecule has 1 aromatic heterocycles. The quantitative estimate of drug-likeness (QED) is 0.661. The predicted octanol–water partition coefficient (Wildman–Crippen LogP) is -1.18. The van der Waals surface area contributed by atoms with Gasteiger partial charge in [-0.3, -0.25) is 4.79 Å². The molecule has 0 aromatic carbocycles. The number of hydrogen-bond donors (Lipinski definition) is 2. The summed E-state index contributed by atoms with van der Waals surface area (Å²) in [6.45, 7) is 0.00299. The summed E-state index contributed by atoms with van der Waals surface area (Å²) in [6.07, 6.45) is 1.92. The number of aromatic nitrogens is 1. The molecule has 7 nitrogen and oxygen atoms in total. The fraction of sp³-hybridized carbons (Fsp3) is 0.333. The first-order chi connectivity index (χ1) is 6.44. The minimum atomic E-state index is -3.58. The first-order valence-corrected chi connectivity index (χ1v) is 5.48. The highest BCUT2D eigenvalue weighted by Crippen LogP contribution is 2.05. The van der Waals surface area contributed by atoms with Gasteiger partial charge in [-0.1, -0.05) is 5.16 Å². The third kappa shape index (κ3) is 2.54. The molecule has 0 bridgehead atoms. The van der Waals surface area contributed by atoms with Crippen molar-refractivity contribution in [3.63, 3.8) is 0 Å². The van der Waals surface area contributed by atoms with E-state index in [1.54, 1.807) is 4.72 Å². The average Bonchev–Trinajstić information content (AvgIpc) is 2.47. The first-order valence-electron chi connectivity index (χ1n) is 3.59. The van der Waals surface area contributed by atoms with Gasteiger partial charge in [-0.25, -0.2) is 13.1 Å². The SMILES string of the molecule is CS(=O)(=O)NC(=O)c1conc1CN. The number of nitrogens with two attached hydrogens (primary N) is 1. The first kappa shape index (κ1) is 10.7. The monoisotopic (exact) mass is 219 g/mol. The number of nitrogens with one attached hydrogen (secondary N) is 1. The van der Waals surface area contributed by atoms with E-state index >= 15 is 0 Å². The van der Waals surface area contributed by atoms with Crippen molar-refractivity contribution in [2.75, 3.05) is 6.26 Å². The van der Waals surface area contributed by atoms with Crippen LogP contribution in [-0.2, 0) is 16.6 Å². The zero-order chi connectivity index (χ0) is 10.8. The molecule has 0 aliphatic heterocycles. The number of amides is 1. The van der Waals surface area contributed by atoms with E-state index < -0.39 is 15.9 Å². The normalized spacial score (nSPS) is 11.3. The second-order valence-electron chi connectivity index (χ2n) is 2.58. The number of carbonyl (C=O) groups excluding carboxylic acids is 1. The van der Waals surface area contributed by atoms with E-state index in [1.807, 2.05) is 0 Å². The maximum Gasteiger partial charge on any atom is 0.270 e. The van der Waals surface area contributed by atoms with Gasteiger partial charge < -0.3 is 10.3 Å². The number of hydrogen-bond acceptors (Lipinski definition) is 6. The minimum absolute atomic E-state index is 0.00299. The maximum atomic E-state index is 11.3. The van der Waals surface area contributed by atoms with Crippen molar-refractivity contribution in [1.29, 1.82) is 0 Å². The molecule has 0 fully saturated rings. The topological polar surface area (TPSA) is 115 Å². The van der Waals surface area contributed by atoms with E-state index in [4.69, 9.17) is 5.73 Å². The van der Waals surface area contributed by atoms with Crippen LogP contribution in [0.4, 0.5) is 0 Å².